The number of hydrogen-bond acceptors (Lipinski definition) is 0. The van der Waals surface area contributed by atoms with Crippen LogP contribution >= 0.6 is 15.8 Å². The van der Waals surface area contributed by atoms with Crippen molar-refractivity contribution >= 4 is 37.1 Å². The second-order valence-electron chi connectivity index (χ2n) is 9.90. The van der Waals surface area contributed by atoms with Gasteiger partial charge >= 0.3 is 0 Å². The molecule has 2 atom stereocenters. The van der Waals surface area contributed by atoms with Gasteiger partial charge in [0.1, 0.15) is 0 Å². The SMILES string of the molecule is C[C@@H]([C@H](C)P(c1c(F)c(F)c(F)c(F)c1F)c1c(F)c(F)c(F)c(F)c1F)P(c1c(F)c(F)c(F)c(F)c1F)c1c(F)c(F)c(F)c(F)c1F. The van der Waals surface area contributed by atoms with E-state index < -0.39 is 165 Å². The van der Waals surface area contributed by atoms with Crippen molar-refractivity contribution in [3.05, 3.63) is 116 Å². The summed E-state index contributed by atoms with van der Waals surface area (Å²) < 4.78 is 292. The van der Waals surface area contributed by atoms with Crippen LogP contribution in [0, 0.1) is 116 Å². The summed E-state index contributed by atoms with van der Waals surface area (Å²) in [4.78, 5) is 0. The van der Waals surface area contributed by atoms with Crippen LogP contribution in [0.4, 0.5) is 87.8 Å². The molecular weight excluding hydrogens is 778 g/mol. The zero-order valence-electron chi connectivity index (χ0n) is 23.6. The lowest BCUT2D eigenvalue weighted by atomic mass is 10.3. The van der Waals surface area contributed by atoms with E-state index >= 15 is 35.1 Å². The highest BCUT2D eigenvalue weighted by atomic mass is 31.1. The van der Waals surface area contributed by atoms with Gasteiger partial charge in [0.15, 0.2) is 93.1 Å². The predicted octanol–water partition coefficient (Wildman–Crippen LogP) is 8.81. The van der Waals surface area contributed by atoms with E-state index in [-0.39, 0.29) is 0 Å². The molecule has 0 fully saturated rings. The van der Waals surface area contributed by atoms with E-state index in [4.69, 9.17) is 0 Å². The maximum Gasteiger partial charge on any atom is 0.200 e. The van der Waals surface area contributed by atoms with Crippen LogP contribution in [0.1, 0.15) is 13.8 Å². The van der Waals surface area contributed by atoms with Gasteiger partial charge in [-0.05, 0) is 27.2 Å². The molecule has 0 N–H and O–H groups in total. The van der Waals surface area contributed by atoms with E-state index in [0.29, 0.717) is 13.8 Å². The molecule has 0 aliphatic heterocycles. The lowest BCUT2D eigenvalue weighted by Gasteiger charge is -2.36. The molecule has 0 unspecified atom stereocenters. The van der Waals surface area contributed by atoms with Crippen molar-refractivity contribution in [3.63, 3.8) is 0 Å². The molecule has 0 radical (unpaired) electrons. The molecular formula is C28H8F20P2. The molecule has 0 saturated carbocycles. The average molecular weight is 786 g/mol. The lowest BCUT2D eigenvalue weighted by Crippen LogP contribution is -2.39. The molecule has 22 heteroatoms. The Labute approximate surface area is 266 Å². The third-order valence-corrected chi connectivity index (χ3v) is 13.5. The Kier molecular flexibility index (Phi) is 10.8. The van der Waals surface area contributed by atoms with Gasteiger partial charge in [-0.15, -0.1) is 0 Å². The normalized spacial score (nSPS) is 13.2. The van der Waals surface area contributed by atoms with Gasteiger partial charge in [-0.1, -0.05) is 13.8 Å². The summed E-state index contributed by atoms with van der Waals surface area (Å²) in [6.45, 7) is 0.583. The van der Waals surface area contributed by atoms with Crippen LogP contribution in [-0.4, -0.2) is 11.3 Å². The van der Waals surface area contributed by atoms with Crippen molar-refractivity contribution in [2.24, 2.45) is 0 Å². The van der Waals surface area contributed by atoms with Crippen LogP contribution in [0.3, 0.4) is 0 Å². The summed E-state index contributed by atoms with van der Waals surface area (Å²) in [5, 5.41) is -9.65. The van der Waals surface area contributed by atoms with Crippen LogP contribution < -0.4 is 21.2 Å². The molecule has 0 nitrogen and oxygen atoms in total. The molecule has 0 spiro atoms. The zero-order chi connectivity index (χ0) is 38.2. The summed E-state index contributed by atoms with van der Waals surface area (Å²) in [6.07, 6.45) is 0. The maximum absolute atomic E-state index is 15.2. The van der Waals surface area contributed by atoms with Crippen LogP contribution in [0.25, 0.3) is 0 Å². The average Bonchev–Trinajstić information content (AvgIpc) is 3.09. The van der Waals surface area contributed by atoms with Gasteiger partial charge in [-0.25, -0.2) is 87.8 Å². The van der Waals surface area contributed by atoms with Gasteiger partial charge in [0, 0.05) is 0 Å². The van der Waals surface area contributed by atoms with E-state index in [9.17, 15) is 52.7 Å². The van der Waals surface area contributed by atoms with Crippen molar-refractivity contribution in [2.45, 2.75) is 25.2 Å². The third kappa shape index (κ3) is 5.75. The maximum atomic E-state index is 15.2. The van der Waals surface area contributed by atoms with Gasteiger partial charge in [0.2, 0.25) is 23.3 Å². The molecule has 270 valence electrons. The first-order valence-corrected chi connectivity index (χ1v) is 15.5. The second kappa shape index (κ2) is 13.8. The highest BCUT2D eigenvalue weighted by molar-refractivity contribution is 7.77. The van der Waals surface area contributed by atoms with Crippen molar-refractivity contribution < 1.29 is 87.8 Å². The summed E-state index contributed by atoms with van der Waals surface area (Å²) in [7, 11) is -9.02. The first kappa shape index (κ1) is 39.1. The minimum atomic E-state index is -4.51. The zero-order valence-corrected chi connectivity index (χ0v) is 25.4. The second-order valence-corrected chi connectivity index (χ2v) is 14.8. The Balaban J connectivity index is 2.23. The highest BCUT2D eigenvalue weighted by Gasteiger charge is 2.46. The fourth-order valence-corrected chi connectivity index (χ4v) is 10.9. The first-order chi connectivity index (χ1) is 23.0. The van der Waals surface area contributed by atoms with Crippen molar-refractivity contribution in [1.82, 2.24) is 0 Å². The minimum absolute atomic E-state index is 0.292. The summed E-state index contributed by atoms with van der Waals surface area (Å²) >= 11 is 0. The Morgan fingerprint density at radius 1 is 0.220 bits per heavy atom. The summed E-state index contributed by atoms with van der Waals surface area (Å²) in [6, 6.07) is 0. The van der Waals surface area contributed by atoms with Crippen molar-refractivity contribution in [3.8, 4) is 0 Å². The van der Waals surface area contributed by atoms with Gasteiger partial charge in [0.25, 0.3) is 0 Å². The molecule has 4 rings (SSSR count). The summed E-state index contributed by atoms with van der Waals surface area (Å²) in [5.74, 6) is -59.5. The Bertz CT molecular complexity index is 1680. The largest absolute Gasteiger partial charge is 0.203 e. The predicted molar refractivity (Wildman–Crippen MR) is 136 cm³/mol. The molecule has 0 heterocycles. The smallest absolute Gasteiger partial charge is 0.200 e. The van der Waals surface area contributed by atoms with E-state index in [2.05, 4.69) is 0 Å². The number of hydrogen-bond donors (Lipinski definition) is 0. The van der Waals surface area contributed by atoms with Crippen LogP contribution in [0.5, 0.6) is 0 Å². The standard InChI is InChI=1S/C28H8F20P2/c1-3(49(25-17(41)9(33)5(29)10(34)18(25)42)26-19(43)11(35)6(30)12(36)20(26)44)4(2)50(27-21(45)13(37)7(31)14(38)22(27)46)28-23(47)15(39)8(32)16(40)24(28)48/h3-4H,1-2H3/t3-,4-/m0/s1. The molecule has 50 heavy (non-hydrogen) atoms. The molecule has 0 aromatic heterocycles. The fraction of sp³-hybridized carbons (Fsp3) is 0.143. The van der Waals surface area contributed by atoms with E-state index in [0.717, 1.165) is 0 Å². The molecule has 4 aromatic rings. The Hall–Kier alpha value is -3.66. The van der Waals surface area contributed by atoms with E-state index in [1.807, 2.05) is 0 Å². The summed E-state index contributed by atoms with van der Waals surface area (Å²) in [5.41, 5.74) is -5.52. The fourth-order valence-electron chi connectivity index (χ4n) is 4.69. The minimum Gasteiger partial charge on any atom is -0.203 e. The highest BCUT2D eigenvalue weighted by Crippen LogP contribution is 2.55. The first-order valence-electron chi connectivity index (χ1n) is 12.7. The topological polar surface area (TPSA) is 0 Å². The lowest BCUT2D eigenvalue weighted by molar-refractivity contribution is 0.382. The van der Waals surface area contributed by atoms with Crippen molar-refractivity contribution in [2.75, 3.05) is 0 Å². The monoisotopic (exact) mass is 786 g/mol. The van der Waals surface area contributed by atoms with Crippen LogP contribution in [0.15, 0.2) is 0 Å². The Morgan fingerprint density at radius 3 is 0.440 bits per heavy atom. The van der Waals surface area contributed by atoms with Crippen LogP contribution in [-0.2, 0) is 0 Å². The van der Waals surface area contributed by atoms with E-state index in [1.165, 1.54) is 0 Å². The number of benzene rings is 4. The Morgan fingerprint density at radius 2 is 0.320 bits per heavy atom. The van der Waals surface area contributed by atoms with Crippen molar-refractivity contribution in [1.29, 1.82) is 0 Å². The van der Waals surface area contributed by atoms with Gasteiger partial charge in [-0.2, -0.15) is 0 Å². The van der Waals surface area contributed by atoms with Gasteiger partial charge in [0.05, 0.1) is 21.2 Å². The molecule has 0 amide bonds. The number of rotatable bonds is 7. The molecule has 0 bridgehead atoms. The van der Waals surface area contributed by atoms with Gasteiger partial charge in [-0.3, -0.25) is 0 Å². The third-order valence-electron chi connectivity index (χ3n) is 7.22. The molecule has 0 aliphatic carbocycles. The quantitative estimate of drug-likeness (QED) is 0.0761. The number of halogens is 20. The molecule has 4 aromatic carbocycles. The molecule has 0 aliphatic rings. The van der Waals surface area contributed by atoms with Gasteiger partial charge < -0.3 is 0 Å². The van der Waals surface area contributed by atoms with Crippen LogP contribution in [0.2, 0.25) is 0 Å². The molecule has 0 saturated heterocycles. The van der Waals surface area contributed by atoms with E-state index in [1.54, 1.807) is 0 Å².